The van der Waals surface area contributed by atoms with Gasteiger partial charge in [-0.3, -0.25) is 4.68 Å². The van der Waals surface area contributed by atoms with E-state index >= 15 is 0 Å². The summed E-state index contributed by atoms with van der Waals surface area (Å²) >= 11 is 0. The molecule has 0 unspecified atom stereocenters. The van der Waals surface area contributed by atoms with Crippen LogP contribution in [0.1, 0.15) is 11.3 Å². The second-order valence-corrected chi connectivity index (χ2v) is 3.98. The molecule has 4 nitrogen and oxygen atoms in total. The van der Waals surface area contributed by atoms with Crippen molar-refractivity contribution in [1.82, 2.24) is 9.78 Å². The van der Waals surface area contributed by atoms with Crippen LogP contribution in [0, 0.1) is 6.92 Å². The zero-order valence-corrected chi connectivity index (χ0v) is 10.4. The summed E-state index contributed by atoms with van der Waals surface area (Å²) in [5.74, 6) is 0.883. The lowest BCUT2D eigenvalue weighted by atomic mass is 10.2. The molecular formula is C13H17N3O. The molecule has 90 valence electrons. The third-order valence-electron chi connectivity index (χ3n) is 2.82. The van der Waals surface area contributed by atoms with Crippen LogP contribution in [-0.4, -0.2) is 16.9 Å². The number of nitrogens with zero attached hydrogens (tertiary/aromatic N) is 2. The van der Waals surface area contributed by atoms with Crippen LogP contribution in [0.4, 0.5) is 5.69 Å². The molecular weight excluding hydrogens is 214 g/mol. The maximum absolute atomic E-state index is 5.18. The molecule has 0 amide bonds. The summed E-state index contributed by atoms with van der Waals surface area (Å²) < 4.78 is 7.04. The SMILES string of the molecule is COc1ccc(NCc2ccnn2C)c(C)c1. The molecule has 0 bridgehead atoms. The number of benzene rings is 1. The smallest absolute Gasteiger partial charge is 0.119 e. The van der Waals surface area contributed by atoms with Crippen molar-refractivity contribution in [1.29, 1.82) is 0 Å². The van der Waals surface area contributed by atoms with Crippen molar-refractivity contribution in [2.75, 3.05) is 12.4 Å². The number of rotatable bonds is 4. The lowest BCUT2D eigenvalue weighted by Gasteiger charge is -2.11. The van der Waals surface area contributed by atoms with Crippen LogP contribution < -0.4 is 10.1 Å². The minimum atomic E-state index is 0.768. The van der Waals surface area contributed by atoms with E-state index in [9.17, 15) is 0 Å². The largest absolute Gasteiger partial charge is 0.497 e. The maximum atomic E-state index is 5.18. The third kappa shape index (κ3) is 2.58. The minimum absolute atomic E-state index is 0.768. The number of hydrogen-bond acceptors (Lipinski definition) is 3. The van der Waals surface area contributed by atoms with Crippen LogP contribution in [0.3, 0.4) is 0 Å². The summed E-state index contributed by atoms with van der Waals surface area (Å²) in [7, 11) is 3.62. The lowest BCUT2D eigenvalue weighted by molar-refractivity contribution is 0.414. The van der Waals surface area contributed by atoms with Crippen LogP contribution in [0.5, 0.6) is 5.75 Å². The predicted molar refractivity (Wildman–Crippen MR) is 68.3 cm³/mol. The molecule has 1 N–H and O–H groups in total. The standard InChI is InChI=1S/C13H17N3O/c1-10-8-12(17-3)4-5-13(10)14-9-11-6-7-15-16(11)2/h4-8,14H,9H2,1-3H3. The summed E-state index contributed by atoms with van der Waals surface area (Å²) in [5.41, 5.74) is 3.44. The van der Waals surface area contributed by atoms with Crippen molar-refractivity contribution in [2.45, 2.75) is 13.5 Å². The first-order valence-corrected chi connectivity index (χ1v) is 5.56. The van der Waals surface area contributed by atoms with E-state index < -0.39 is 0 Å². The van der Waals surface area contributed by atoms with Gasteiger partial charge in [-0.1, -0.05) is 0 Å². The van der Waals surface area contributed by atoms with E-state index in [-0.39, 0.29) is 0 Å². The number of hydrogen-bond donors (Lipinski definition) is 1. The van der Waals surface area contributed by atoms with Crippen molar-refractivity contribution in [3.63, 3.8) is 0 Å². The first-order valence-electron chi connectivity index (χ1n) is 5.56. The highest BCUT2D eigenvalue weighted by molar-refractivity contribution is 5.53. The third-order valence-corrected chi connectivity index (χ3v) is 2.82. The van der Waals surface area contributed by atoms with E-state index in [0.717, 1.165) is 23.7 Å². The van der Waals surface area contributed by atoms with Gasteiger partial charge in [0.15, 0.2) is 0 Å². The number of aromatic nitrogens is 2. The van der Waals surface area contributed by atoms with Gasteiger partial charge in [0, 0.05) is 18.9 Å². The number of ether oxygens (including phenoxy) is 1. The molecule has 0 saturated carbocycles. The van der Waals surface area contributed by atoms with Crippen LogP contribution >= 0.6 is 0 Å². The monoisotopic (exact) mass is 231 g/mol. The zero-order valence-electron chi connectivity index (χ0n) is 10.4. The lowest BCUT2D eigenvalue weighted by Crippen LogP contribution is -2.06. The van der Waals surface area contributed by atoms with E-state index in [0.29, 0.717) is 0 Å². The quantitative estimate of drug-likeness (QED) is 0.878. The Morgan fingerprint density at radius 2 is 2.18 bits per heavy atom. The molecule has 0 aliphatic carbocycles. The van der Waals surface area contributed by atoms with Crippen LogP contribution in [0.2, 0.25) is 0 Å². The van der Waals surface area contributed by atoms with Gasteiger partial charge in [-0.25, -0.2) is 0 Å². The number of aryl methyl sites for hydroxylation is 2. The second-order valence-electron chi connectivity index (χ2n) is 3.98. The van der Waals surface area contributed by atoms with Crippen molar-refractivity contribution in [2.24, 2.45) is 7.05 Å². The second kappa shape index (κ2) is 4.91. The molecule has 0 aliphatic rings. The molecule has 0 atom stereocenters. The fraction of sp³-hybridized carbons (Fsp3) is 0.308. The van der Waals surface area contributed by atoms with Gasteiger partial charge in [-0.05, 0) is 36.8 Å². The van der Waals surface area contributed by atoms with Gasteiger partial charge in [0.2, 0.25) is 0 Å². The molecule has 0 spiro atoms. The Balaban J connectivity index is 2.07. The topological polar surface area (TPSA) is 39.1 Å². The van der Waals surface area contributed by atoms with Crippen molar-refractivity contribution in [3.05, 3.63) is 41.7 Å². The maximum Gasteiger partial charge on any atom is 0.119 e. The summed E-state index contributed by atoms with van der Waals surface area (Å²) in [6.07, 6.45) is 1.80. The van der Waals surface area contributed by atoms with Gasteiger partial charge in [0.25, 0.3) is 0 Å². The van der Waals surface area contributed by atoms with Gasteiger partial charge in [-0.2, -0.15) is 5.10 Å². The van der Waals surface area contributed by atoms with Crippen molar-refractivity contribution in [3.8, 4) is 5.75 Å². The Morgan fingerprint density at radius 3 is 2.76 bits per heavy atom. The van der Waals surface area contributed by atoms with E-state index in [1.165, 1.54) is 5.56 Å². The Labute approximate surface area is 101 Å². The molecule has 0 aliphatic heterocycles. The first kappa shape index (κ1) is 11.5. The molecule has 4 heteroatoms. The normalized spacial score (nSPS) is 10.3. The Bertz CT molecular complexity index is 505. The molecule has 0 radical (unpaired) electrons. The molecule has 1 aromatic carbocycles. The molecule has 2 aromatic rings. The molecule has 0 saturated heterocycles. The van der Waals surface area contributed by atoms with Gasteiger partial charge in [0.05, 0.1) is 19.3 Å². The summed E-state index contributed by atoms with van der Waals surface area (Å²) in [6.45, 7) is 2.83. The fourth-order valence-corrected chi connectivity index (χ4v) is 1.72. The van der Waals surface area contributed by atoms with E-state index in [4.69, 9.17) is 4.74 Å². The van der Waals surface area contributed by atoms with E-state index in [2.05, 4.69) is 17.3 Å². The van der Waals surface area contributed by atoms with E-state index in [1.54, 1.807) is 13.3 Å². The minimum Gasteiger partial charge on any atom is -0.497 e. The van der Waals surface area contributed by atoms with Crippen LogP contribution in [0.25, 0.3) is 0 Å². The summed E-state index contributed by atoms with van der Waals surface area (Å²) in [5, 5.41) is 7.53. The van der Waals surface area contributed by atoms with Crippen molar-refractivity contribution >= 4 is 5.69 Å². The molecule has 1 aromatic heterocycles. The van der Waals surface area contributed by atoms with Gasteiger partial charge < -0.3 is 10.1 Å². The number of methoxy groups -OCH3 is 1. The Kier molecular flexibility index (Phi) is 3.32. The molecule has 0 fully saturated rings. The van der Waals surface area contributed by atoms with Crippen molar-refractivity contribution < 1.29 is 4.74 Å². The van der Waals surface area contributed by atoms with Gasteiger partial charge in [-0.15, -0.1) is 0 Å². The average molecular weight is 231 g/mol. The zero-order chi connectivity index (χ0) is 12.3. The molecule has 1 heterocycles. The summed E-state index contributed by atoms with van der Waals surface area (Å²) in [6, 6.07) is 8.01. The van der Waals surface area contributed by atoms with Gasteiger partial charge >= 0.3 is 0 Å². The highest BCUT2D eigenvalue weighted by Gasteiger charge is 2.02. The highest BCUT2D eigenvalue weighted by Crippen LogP contribution is 2.21. The van der Waals surface area contributed by atoms with Crippen LogP contribution in [0.15, 0.2) is 30.5 Å². The summed E-state index contributed by atoms with van der Waals surface area (Å²) in [4.78, 5) is 0. The Morgan fingerprint density at radius 1 is 1.35 bits per heavy atom. The number of anilines is 1. The number of nitrogens with one attached hydrogen (secondary N) is 1. The highest BCUT2D eigenvalue weighted by atomic mass is 16.5. The fourth-order valence-electron chi connectivity index (χ4n) is 1.72. The predicted octanol–water partition coefficient (Wildman–Crippen LogP) is 2.35. The average Bonchev–Trinajstić information content (AvgIpc) is 2.73. The first-order chi connectivity index (χ1) is 8.20. The molecule has 17 heavy (non-hydrogen) atoms. The molecule has 2 rings (SSSR count). The van der Waals surface area contributed by atoms with Gasteiger partial charge in [0.1, 0.15) is 5.75 Å². The van der Waals surface area contributed by atoms with E-state index in [1.807, 2.05) is 36.0 Å². The van der Waals surface area contributed by atoms with Crippen LogP contribution in [-0.2, 0) is 13.6 Å². The Hall–Kier alpha value is -1.97.